The van der Waals surface area contributed by atoms with Gasteiger partial charge in [-0.3, -0.25) is 4.98 Å². The fraction of sp³-hybridized carbons (Fsp3) is 0.519. The Bertz CT molecular complexity index is 1200. The third kappa shape index (κ3) is 5.49. The molecule has 4 heterocycles. The molecule has 0 aliphatic carbocycles. The van der Waals surface area contributed by atoms with Crippen molar-refractivity contribution < 1.29 is 19.0 Å². The van der Waals surface area contributed by atoms with Crippen molar-refractivity contribution in [1.82, 2.24) is 20.3 Å². The summed E-state index contributed by atoms with van der Waals surface area (Å²) in [7, 11) is 0. The SMILES string of the molecule is CC(C)c1c(CNC2CCOCC2)cnc2ccc(-c3nc(N[C@@H]4CCOC[C@H]4O)ncc3F)cc12. The van der Waals surface area contributed by atoms with Crippen molar-refractivity contribution in [1.29, 1.82) is 0 Å². The van der Waals surface area contributed by atoms with E-state index >= 15 is 0 Å². The van der Waals surface area contributed by atoms with Crippen molar-refractivity contribution in [3.05, 3.63) is 47.5 Å². The number of fused-ring (bicyclic) bond motifs is 1. The van der Waals surface area contributed by atoms with Gasteiger partial charge in [-0.1, -0.05) is 19.9 Å². The third-order valence-electron chi connectivity index (χ3n) is 7.03. The first kappa shape index (κ1) is 25.0. The molecule has 1 aromatic carbocycles. The van der Waals surface area contributed by atoms with E-state index in [0.29, 0.717) is 24.6 Å². The second-order valence-corrected chi connectivity index (χ2v) is 9.92. The molecule has 3 N–H and O–H groups in total. The lowest BCUT2D eigenvalue weighted by molar-refractivity contribution is -0.0136. The molecular formula is C27H34FN5O3. The van der Waals surface area contributed by atoms with E-state index in [-0.39, 0.29) is 30.2 Å². The van der Waals surface area contributed by atoms with Gasteiger partial charge in [0.15, 0.2) is 5.82 Å². The number of anilines is 1. The number of aliphatic hydroxyl groups is 1. The minimum Gasteiger partial charge on any atom is -0.389 e. The van der Waals surface area contributed by atoms with Crippen LogP contribution in [0.1, 0.15) is 50.2 Å². The Morgan fingerprint density at radius 1 is 1.08 bits per heavy atom. The second kappa shape index (κ2) is 11.1. The van der Waals surface area contributed by atoms with E-state index in [4.69, 9.17) is 14.5 Å². The topological polar surface area (TPSA) is 101 Å². The number of hydrogen-bond acceptors (Lipinski definition) is 8. The molecule has 2 atom stereocenters. The zero-order valence-electron chi connectivity index (χ0n) is 20.8. The van der Waals surface area contributed by atoms with Crippen LogP contribution in [-0.2, 0) is 16.0 Å². The molecule has 0 radical (unpaired) electrons. The van der Waals surface area contributed by atoms with Crippen molar-refractivity contribution in [2.45, 2.75) is 63.8 Å². The summed E-state index contributed by atoms with van der Waals surface area (Å²) in [5.74, 6) is 0.0533. The fourth-order valence-corrected chi connectivity index (χ4v) is 5.08. The van der Waals surface area contributed by atoms with Gasteiger partial charge in [-0.05, 0) is 48.4 Å². The molecule has 0 saturated carbocycles. The van der Waals surface area contributed by atoms with Crippen LogP contribution in [0.5, 0.6) is 0 Å². The fourth-order valence-electron chi connectivity index (χ4n) is 5.08. The number of nitrogens with zero attached hydrogens (tertiary/aromatic N) is 3. The maximum atomic E-state index is 14.9. The molecule has 0 amide bonds. The summed E-state index contributed by atoms with van der Waals surface area (Å²) in [5, 5.41) is 18.0. The Morgan fingerprint density at radius 3 is 2.67 bits per heavy atom. The molecule has 2 aliphatic rings. The zero-order valence-corrected chi connectivity index (χ0v) is 20.8. The van der Waals surface area contributed by atoms with E-state index in [1.165, 1.54) is 11.8 Å². The largest absolute Gasteiger partial charge is 0.389 e. The summed E-state index contributed by atoms with van der Waals surface area (Å²) < 4.78 is 25.7. The summed E-state index contributed by atoms with van der Waals surface area (Å²) in [6, 6.07) is 5.95. The molecule has 2 saturated heterocycles. The number of aromatic nitrogens is 3. The molecule has 5 rings (SSSR count). The Balaban J connectivity index is 1.46. The van der Waals surface area contributed by atoms with Crippen molar-refractivity contribution in [2.24, 2.45) is 0 Å². The first-order valence-electron chi connectivity index (χ1n) is 12.8. The van der Waals surface area contributed by atoms with Crippen LogP contribution < -0.4 is 10.6 Å². The van der Waals surface area contributed by atoms with Gasteiger partial charge in [0.25, 0.3) is 0 Å². The summed E-state index contributed by atoms with van der Waals surface area (Å²) in [4.78, 5) is 13.3. The standard InChI is InChI=1S/C27H34FN5O3/c1-16(2)25-18(12-29-19-5-8-35-9-6-19)13-30-22-4-3-17(11-20(22)25)26-21(28)14-31-27(33-26)32-23-7-10-36-15-24(23)34/h3-4,11,13-14,16,19,23-24,29,34H,5-10,12,15H2,1-2H3,(H,31,32,33)/t23-,24-/m1/s1. The summed E-state index contributed by atoms with van der Waals surface area (Å²) in [6.45, 7) is 7.47. The van der Waals surface area contributed by atoms with E-state index in [0.717, 1.165) is 49.1 Å². The van der Waals surface area contributed by atoms with Gasteiger partial charge in [0.1, 0.15) is 5.69 Å². The summed E-state index contributed by atoms with van der Waals surface area (Å²) in [6.07, 6.45) is 5.12. The van der Waals surface area contributed by atoms with Crippen molar-refractivity contribution >= 4 is 16.9 Å². The number of aliphatic hydroxyl groups excluding tert-OH is 1. The quantitative estimate of drug-likeness (QED) is 0.455. The number of nitrogens with one attached hydrogen (secondary N) is 2. The van der Waals surface area contributed by atoms with Crippen LogP contribution in [0, 0.1) is 5.82 Å². The molecule has 0 spiro atoms. The molecule has 0 unspecified atom stereocenters. The van der Waals surface area contributed by atoms with Gasteiger partial charge in [-0.25, -0.2) is 14.4 Å². The van der Waals surface area contributed by atoms with Crippen LogP contribution in [-0.4, -0.2) is 64.7 Å². The van der Waals surface area contributed by atoms with Gasteiger partial charge >= 0.3 is 0 Å². The van der Waals surface area contributed by atoms with E-state index in [1.54, 1.807) is 0 Å². The molecule has 3 aromatic rings. The molecule has 9 heteroatoms. The Hall–Kier alpha value is -2.72. The summed E-state index contributed by atoms with van der Waals surface area (Å²) in [5.41, 5.74) is 4.11. The van der Waals surface area contributed by atoms with E-state index in [2.05, 4.69) is 34.4 Å². The number of benzene rings is 1. The number of pyridine rings is 1. The Morgan fingerprint density at radius 2 is 1.89 bits per heavy atom. The predicted molar refractivity (Wildman–Crippen MR) is 136 cm³/mol. The highest BCUT2D eigenvalue weighted by molar-refractivity contribution is 5.88. The van der Waals surface area contributed by atoms with E-state index in [1.807, 2.05) is 24.4 Å². The Kier molecular flexibility index (Phi) is 7.71. The van der Waals surface area contributed by atoms with Gasteiger partial charge in [-0.2, -0.15) is 0 Å². The van der Waals surface area contributed by atoms with Gasteiger partial charge in [-0.15, -0.1) is 0 Å². The van der Waals surface area contributed by atoms with Gasteiger partial charge < -0.3 is 25.2 Å². The van der Waals surface area contributed by atoms with Gasteiger partial charge in [0.05, 0.1) is 30.5 Å². The minimum atomic E-state index is -0.663. The Labute approximate surface area is 210 Å². The minimum absolute atomic E-state index is 0.219. The van der Waals surface area contributed by atoms with Crippen molar-refractivity contribution in [2.75, 3.05) is 31.7 Å². The molecular weight excluding hydrogens is 461 g/mol. The highest BCUT2D eigenvalue weighted by Crippen LogP contribution is 2.32. The lowest BCUT2D eigenvalue weighted by Gasteiger charge is -2.28. The first-order chi connectivity index (χ1) is 17.5. The van der Waals surface area contributed by atoms with Crippen LogP contribution in [0.3, 0.4) is 0 Å². The molecule has 0 bridgehead atoms. The van der Waals surface area contributed by atoms with Gasteiger partial charge in [0.2, 0.25) is 5.95 Å². The lowest BCUT2D eigenvalue weighted by atomic mass is 9.92. The number of rotatable bonds is 7. The number of hydrogen-bond donors (Lipinski definition) is 3. The second-order valence-electron chi connectivity index (χ2n) is 9.92. The third-order valence-corrected chi connectivity index (χ3v) is 7.03. The van der Waals surface area contributed by atoms with Crippen LogP contribution in [0.15, 0.2) is 30.6 Å². The van der Waals surface area contributed by atoms with Crippen LogP contribution in [0.2, 0.25) is 0 Å². The zero-order chi connectivity index (χ0) is 25.1. The highest BCUT2D eigenvalue weighted by atomic mass is 19.1. The molecule has 192 valence electrons. The van der Waals surface area contributed by atoms with Crippen LogP contribution in [0.4, 0.5) is 10.3 Å². The van der Waals surface area contributed by atoms with E-state index in [9.17, 15) is 9.50 Å². The van der Waals surface area contributed by atoms with Crippen LogP contribution in [0.25, 0.3) is 22.2 Å². The maximum absolute atomic E-state index is 14.9. The predicted octanol–water partition coefficient (Wildman–Crippen LogP) is 3.78. The maximum Gasteiger partial charge on any atom is 0.223 e. The van der Waals surface area contributed by atoms with Gasteiger partial charge in [0, 0.05) is 49.6 Å². The van der Waals surface area contributed by atoms with Crippen molar-refractivity contribution in [3.63, 3.8) is 0 Å². The lowest BCUT2D eigenvalue weighted by Crippen LogP contribution is -2.42. The monoisotopic (exact) mass is 495 g/mol. The normalized spacial score (nSPS) is 21.2. The molecule has 2 fully saturated rings. The number of halogens is 1. The number of ether oxygens (including phenoxy) is 2. The average molecular weight is 496 g/mol. The van der Waals surface area contributed by atoms with Crippen LogP contribution >= 0.6 is 0 Å². The molecule has 8 nitrogen and oxygen atoms in total. The average Bonchev–Trinajstić information content (AvgIpc) is 2.89. The molecule has 36 heavy (non-hydrogen) atoms. The summed E-state index contributed by atoms with van der Waals surface area (Å²) >= 11 is 0. The first-order valence-corrected chi connectivity index (χ1v) is 12.8. The molecule has 2 aliphatic heterocycles. The smallest absolute Gasteiger partial charge is 0.223 e. The highest BCUT2D eigenvalue weighted by Gasteiger charge is 2.25. The van der Waals surface area contributed by atoms with E-state index < -0.39 is 11.9 Å². The van der Waals surface area contributed by atoms with Crippen molar-refractivity contribution in [3.8, 4) is 11.3 Å². The molecule has 2 aromatic heterocycles.